The summed E-state index contributed by atoms with van der Waals surface area (Å²) in [5.41, 5.74) is 0. The zero-order valence-electron chi connectivity index (χ0n) is 9.65. The molecule has 0 fully saturated rings. The zero-order chi connectivity index (χ0) is 10.4. The molecule has 0 saturated heterocycles. The SMILES string of the molecule is C[N-]C(C)C(=O)NC(C)CC(=O)O.[CH3-].[Y]. The molecule has 2 atom stereocenters. The van der Waals surface area contributed by atoms with Gasteiger partial charge in [0.2, 0.25) is 5.91 Å². The van der Waals surface area contributed by atoms with E-state index in [2.05, 4.69) is 10.6 Å². The molecule has 1 radical (unpaired) electrons. The van der Waals surface area contributed by atoms with E-state index in [0.717, 1.165) is 0 Å². The van der Waals surface area contributed by atoms with Gasteiger partial charge in [-0.1, -0.05) is 13.0 Å². The molecule has 0 aromatic rings. The van der Waals surface area contributed by atoms with Gasteiger partial charge in [-0.25, -0.2) is 0 Å². The molecule has 6 heteroatoms. The Bertz CT molecular complexity index is 200. The van der Waals surface area contributed by atoms with Crippen molar-refractivity contribution in [2.45, 2.75) is 32.4 Å². The zero-order valence-corrected chi connectivity index (χ0v) is 12.5. The number of nitrogens with one attached hydrogen (secondary N) is 1. The van der Waals surface area contributed by atoms with E-state index in [9.17, 15) is 9.59 Å². The first-order chi connectivity index (χ1) is 5.97. The predicted molar refractivity (Wildman–Crippen MR) is 55.0 cm³/mol. The normalized spacial score (nSPS) is 12.7. The fourth-order valence-corrected chi connectivity index (χ4v) is 0.794. The Morgan fingerprint density at radius 3 is 2.20 bits per heavy atom. The van der Waals surface area contributed by atoms with Gasteiger partial charge in [-0.05, 0) is 6.92 Å². The largest absolute Gasteiger partial charge is 0.655 e. The van der Waals surface area contributed by atoms with Crippen LogP contribution in [0.4, 0.5) is 0 Å². The molecule has 2 N–H and O–H groups in total. The van der Waals surface area contributed by atoms with E-state index >= 15 is 0 Å². The van der Waals surface area contributed by atoms with Gasteiger partial charge >= 0.3 is 5.97 Å². The third-order valence-electron chi connectivity index (χ3n) is 1.64. The average Bonchev–Trinajstić information content (AvgIpc) is 2.01. The molecule has 15 heavy (non-hydrogen) atoms. The number of nitrogens with zero attached hydrogens (tertiary/aromatic N) is 1. The number of carboxylic acid groups (broad SMARTS) is 1. The molecule has 0 saturated carbocycles. The van der Waals surface area contributed by atoms with E-state index in [1.165, 1.54) is 0 Å². The summed E-state index contributed by atoms with van der Waals surface area (Å²) in [5, 5.41) is 14.7. The van der Waals surface area contributed by atoms with E-state index in [-0.39, 0.29) is 58.5 Å². The van der Waals surface area contributed by atoms with Crippen LogP contribution in [0.5, 0.6) is 0 Å². The predicted octanol–water partition coefficient (Wildman–Crippen LogP) is 0.806. The third-order valence-corrected chi connectivity index (χ3v) is 1.64. The molecule has 87 valence electrons. The number of likely N-dealkylation sites (N-methyl/N-ethyl adjacent to an activating group) is 1. The Hall–Kier alpha value is 0.00390. The molecule has 0 aromatic heterocycles. The summed E-state index contributed by atoms with van der Waals surface area (Å²) in [4.78, 5) is 21.4. The second-order valence-electron chi connectivity index (χ2n) is 2.94. The fraction of sp³-hybridized carbons (Fsp3) is 0.667. The number of amides is 1. The van der Waals surface area contributed by atoms with Gasteiger partial charge in [0.25, 0.3) is 0 Å². The summed E-state index contributed by atoms with van der Waals surface area (Å²) < 4.78 is 0. The molecule has 0 aliphatic heterocycles. The van der Waals surface area contributed by atoms with Crippen molar-refractivity contribution in [3.8, 4) is 0 Å². The van der Waals surface area contributed by atoms with Crippen molar-refractivity contribution in [2.75, 3.05) is 7.05 Å². The molecule has 0 rings (SSSR count). The van der Waals surface area contributed by atoms with Crippen molar-refractivity contribution >= 4 is 11.9 Å². The minimum Gasteiger partial charge on any atom is -0.655 e. The topological polar surface area (TPSA) is 80.5 Å². The van der Waals surface area contributed by atoms with Crippen molar-refractivity contribution in [3.05, 3.63) is 12.7 Å². The first kappa shape index (κ1) is 20.4. The van der Waals surface area contributed by atoms with Gasteiger partial charge in [-0.15, -0.1) is 0 Å². The Labute approximate surface area is 116 Å². The van der Waals surface area contributed by atoms with Gasteiger partial charge in [-0.3, -0.25) is 9.59 Å². The van der Waals surface area contributed by atoms with Crippen molar-refractivity contribution in [2.24, 2.45) is 0 Å². The van der Waals surface area contributed by atoms with Crippen LogP contribution >= 0.6 is 0 Å². The smallest absolute Gasteiger partial charge is 0.305 e. The second kappa shape index (κ2) is 10.5. The first-order valence-corrected chi connectivity index (χ1v) is 4.08. The van der Waals surface area contributed by atoms with Gasteiger partial charge in [0.1, 0.15) is 0 Å². The first-order valence-electron chi connectivity index (χ1n) is 4.08. The molecule has 0 aliphatic carbocycles. The van der Waals surface area contributed by atoms with Gasteiger partial charge < -0.3 is 23.2 Å². The number of carbonyl (C=O) groups is 2. The fourth-order valence-electron chi connectivity index (χ4n) is 0.794. The molecular weight excluding hydrogens is 273 g/mol. The standard InChI is InChI=1S/C8H15N2O3.CH3.Y/c1-5(4-7(11)12)10-8(13)6(2)9-3;;/h5-6H,4H2,1-3H3,(H,10,13)(H,11,12);1H3;/q2*-1;. The Morgan fingerprint density at radius 2 is 1.87 bits per heavy atom. The number of carboxylic acids is 1. The molecule has 0 aromatic carbocycles. The summed E-state index contributed by atoms with van der Waals surface area (Å²) in [6, 6.07) is -0.773. The van der Waals surface area contributed by atoms with Crippen LogP contribution in [0.1, 0.15) is 20.3 Å². The van der Waals surface area contributed by atoms with Gasteiger partial charge in [0, 0.05) is 38.8 Å². The van der Waals surface area contributed by atoms with E-state index in [1.807, 2.05) is 0 Å². The van der Waals surface area contributed by atoms with Crippen LogP contribution in [0.15, 0.2) is 0 Å². The van der Waals surface area contributed by atoms with Crippen molar-refractivity contribution in [1.29, 1.82) is 0 Å². The molecule has 0 spiro atoms. The maximum atomic E-state index is 11.2. The van der Waals surface area contributed by atoms with Crippen molar-refractivity contribution in [3.63, 3.8) is 0 Å². The average molecular weight is 291 g/mol. The molecule has 0 bridgehead atoms. The van der Waals surface area contributed by atoms with Gasteiger partial charge in [-0.2, -0.15) is 7.05 Å². The number of hydrogen-bond donors (Lipinski definition) is 2. The molecule has 0 aliphatic rings. The summed E-state index contributed by atoms with van der Waals surface area (Å²) in [7, 11) is 1.55. The van der Waals surface area contributed by atoms with Gasteiger partial charge in [0.15, 0.2) is 0 Å². The number of rotatable bonds is 5. The van der Waals surface area contributed by atoms with Crippen LogP contribution in [-0.4, -0.2) is 36.1 Å². The maximum Gasteiger partial charge on any atom is 0.305 e. The van der Waals surface area contributed by atoms with Crippen LogP contribution in [0.25, 0.3) is 5.32 Å². The second-order valence-corrected chi connectivity index (χ2v) is 2.94. The number of carbonyl (C=O) groups excluding carboxylic acids is 1. The third kappa shape index (κ3) is 10.3. The molecule has 5 nitrogen and oxygen atoms in total. The number of aliphatic carboxylic acids is 1. The monoisotopic (exact) mass is 291 g/mol. The summed E-state index contributed by atoms with van der Waals surface area (Å²) in [6.45, 7) is 3.30. The Morgan fingerprint density at radius 1 is 1.40 bits per heavy atom. The minimum atomic E-state index is -0.922. The maximum absolute atomic E-state index is 11.2. The van der Waals surface area contributed by atoms with Crippen LogP contribution in [-0.2, 0) is 42.3 Å². The van der Waals surface area contributed by atoms with E-state index in [4.69, 9.17) is 5.11 Å². The van der Waals surface area contributed by atoms with Crippen LogP contribution in [0.2, 0.25) is 0 Å². The van der Waals surface area contributed by atoms with Crippen molar-refractivity contribution < 1.29 is 47.4 Å². The molecule has 2 unspecified atom stereocenters. The van der Waals surface area contributed by atoms with Crippen LogP contribution < -0.4 is 5.32 Å². The van der Waals surface area contributed by atoms with E-state index < -0.39 is 12.0 Å². The molecule has 0 heterocycles. The van der Waals surface area contributed by atoms with Crippen molar-refractivity contribution in [1.82, 2.24) is 5.32 Å². The summed E-state index contributed by atoms with van der Waals surface area (Å²) in [5.74, 6) is -1.16. The Balaban J connectivity index is -0.000000720. The van der Waals surface area contributed by atoms with Crippen LogP contribution in [0.3, 0.4) is 0 Å². The Kier molecular flexibility index (Phi) is 14.3. The minimum absolute atomic E-state index is 0. The quantitative estimate of drug-likeness (QED) is 0.735. The number of hydrogen-bond acceptors (Lipinski definition) is 2. The van der Waals surface area contributed by atoms with Crippen LogP contribution in [0, 0.1) is 7.43 Å². The molecule has 1 amide bonds. The van der Waals surface area contributed by atoms with E-state index in [1.54, 1.807) is 20.9 Å². The summed E-state index contributed by atoms with van der Waals surface area (Å²) in [6.07, 6.45) is -0.0673. The van der Waals surface area contributed by atoms with E-state index in [0.29, 0.717) is 0 Å². The summed E-state index contributed by atoms with van der Waals surface area (Å²) >= 11 is 0. The molecular formula is C9H18N2O3Y-2. The van der Waals surface area contributed by atoms with Gasteiger partial charge in [0.05, 0.1) is 6.42 Å².